The molecule has 0 rings (SSSR count). The first-order valence-electron chi connectivity index (χ1n) is 5.57. The third kappa shape index (κ3) is 5.58. The van der Waals surface area contributed by atoms with E-state index in [1.54, 1.807) is 13.8 Å². The highest BCUT2D eigenvalue weighted by Crippen LogP contribution is 2.13. The molecule has 0 bridgehead atoms. The molecule has 0 radical (unpaired) electrons. The van der Waals surface area contributed by atoms with E-state index in [-0.39, 0.29) is 19.6 Å². The summed E-state index contributed by atoms with van der Waals surface area (Å²) in [7, 11) is 0. The van der Waals surface area contributed by atoms with Crippen LogP contribution in [0.3, 0.4) is 0 Å². The van der Waals surface area contributed by atoms with Crippen LogP contribution in [0.5, 0.6) is 0 Å². The van der Waals surface area contributed by atoms with Crippen LogP contribution in [-0.2, 0) is 19.1 Å². The SMILES string of the molecule is CCOC(=O)C(O)C(CC[N+](=O)[O-])C(=O)OCC. The fourth-order valence-corrected chi connectivity index (χ4v) is 1.29. The van der Waals surface area contributed by atoms with Gasteiger partial charge in [0.2, 0.25) is 6.54 Å². The van der Waals surface area contributed by atoms with Gasteiger partial charge >= 0.3 is 11.9 Å². The van der Waals surface area contributed by atoms with Gasteiger partial charge in [-0.2, -0.15) is 0 Å². The molecule has 0 aromatic carbocycles. The maximum Gasteiger partial charge on any atom is 0.335 e. The Balaban J connectivity index is 4.67. The molecule has 8 nitrogen and oxygen atoms in total. The summed E-state index contributed by atoms with van der Waals surface area (Å²) in [5.41, 5.74) is 0. The quantitative estimate of drug-likeness (QED) is 0.365. The van der Waals surface area contributed by atoms with E-state index >= 15 is 0 Å². The van der Waals surface area contributed by atoms with Crippen LogP contribution in [0.2, 0.25) is 0 Å². The number of nitrogens with zero attached hydrogens (tertiary/aromatic N) is 1. The Hall–Kier alpha value is -1.70. The lowest BCUT2D eigenvalue weighted by molar-refractivity contribution is -0.481. The number of rotatable bonds is 8. The molecule has 8 heteroatoms. The zero-order valence-electron chi connectivity index (χ0n) is 10.3. The Morgan fingerprint density at radius 3 is 2.17 bits per heavy atom. The van der Waals surface area contributed by atoms with Gasteiger partial charge in [-0.05, 0) is 13.8 Å². The van der Waals surface area contributed by atoms with Crippen molar-refractivity contribution >= 4 is 11.9 Å². The minimum absolute atomic E-state index is 0.0423. The molecule has 0 saturated heterocycles. The Morgan fingerprint density at radius 2 is 1.72 bits per heavy atom. The van der Waals surface area contributed by atoms with E-state index in [0.29, 0.717) is 0 Å². The summed E-state index contributed by atoms with van der Waals surface area (Å²) in [6.45, 7) is 2.66. The summed E-state index contributed by atoms with van der Waals surface area (Å²) in [4.78, 5) is 32.4. The van der Waals surface area contributed by atoms with Crippen LogP contribution in [0.15, 0.2) is 0 Å². The highest BCUT2D eigenvalue weighted by molar-refractivity contribution is 5.83. The topological polar surface area (TPSA) is 116 Å². The van der Waals surface area contributed by atoms with Gasteiger partial charge in [0.25, 0.3) is 0 Å². The predicted octanol–water partition coefficient (Wildman–Crippen LogP) is -0.244. The van der Waals surface area contributed by atoms with Crippen LogP contribution >= 0.6 is 0 Å². The lowest BCUT2D eigenvalue weighted by Crippen LogP contribution is -2.38. The molecular weight excluding hydrogens is 246 g/mol. The first kappa shape index (κ1) is 16.3. The van der Waals surface area contributed by atoms with Crippen LogP contribution < -0.4 is 0 Å². The highest BCUT2D eigenvalue weighted by atomic mass is 16.6. The van der Waals surface area contributed by atoms with E-state index < -0.39 is 35.4 Å². The maximum absolute atomic E-state index is 11.5. The van der Waals surface area contributed by atoms with Crippen LogP contribution in [0.4, 0.5) is 0 Å². The average molecular weight is 263 g/mol. The molecule has 2 unspecified atom stereocenters. The van der Waals surface area contributed by atoms with Crippen molar-refractivity contribution in [3.05, 3.63) is 10.1 Å². The minimum atomic E-state index is -1.75. The Morgan fingerprint density at radius 1 is 1.22 bits per heavy atom. The standard InChI is InChI=1S/C10H17NO7/c1-3-17-9(13)7(5-6-11(15)16)8(12)10(14)18-4-2/h7-8,12H,3-6H2,1-2H3. The molecule has 0 fully saturated rings. The van der Waals surface area contributed by atoms with Crippen molar-refractivity contribution < 1.29 is 29.1 Å². The Labute approximate surface area is 104 Å². The van der Waals surface area contributed by atoms with Crippen molar-refractivity contribution in [1.29, 1.82) is 0 Å². The molecule has 0 aliphatic heterocycles. The normalized spacial score (nSPS) is 13.5. The third-order valence-corrected chi connectivity index (χ3v) is 2.12. The molecule has 0 saturated carbocycles. The summed E-state index contributed by atoms with van der Waals surface area (Å²) >= 11 is 0. The Kier molecular flexibility index (Phi) is 7.61. The molecule has 104 valence electrons. The van der Waals surface area contributed by atoms with E-state index in [9.17, 15) is 24.8 Å². The molecule has 0 aliphatic carbocycles. The van der Waals surface area contributed by atoms with Gasteiger partial charge in [-0.1, -0.05) is 0 Å². The van der Waals surface area contributed by atoms with E-state index in [0.717, 1.165) is 0 Å². The second-order valence-electron chi connectivity index (χ2n) is 3.40. The highest BCUT2D eigenvalue weighted by Gasteiger charge is 2.35. The molecular formula is C10H17NO7. The van der Waals surface area contributed by atoms with E-state index in [2.05, 4.69) is 9.47 Å². The minimum Gasteiger partial charge on any atom is -0.466 e. The van der Waals surface area contributed by atoms with E-state index in [1.165, 1.54) is 0 Å². The van der Waals surface area contributed by atoms with Gasteiger partial charge in [-0.15, -0.1) is 0 Å². The number of esters is 2. The zero-order chi connectivity index (χ0) is 14.1. The molecule has 18 heavy (non-hydrogen) atoms. The van der Waals surface area contributed by atoms with Crippen LogP contribution in [-0.4, -0.2) is 47.8 Å². The molecule has 0 spiro atoms. The van der Waals surface area contributed by atoms with Gasteiger partial charge in [-0.25, -0.2) is 4.79 Å². The fraction of sp³-hybridized carbons (Fsp3) is 0.800. The smallest absolute Gasteiger partial charge is 0.335 e. The van der Waals surface area contributed by atoms with Crippen molar-refractivity contribution in [3.63, 3.8) is 0 Å². The van der Waals surface area contributed by atoms with Crippen molar-refractivity contribution in [2.45, 2.75) is 26.4 Å². The maximum atomic E-state index is 11.5. The van der Waals surface area contributed by atoms with Crippen molar-refractivity contribution in [1.82, 2.24) is 0 Å². The van der Waals surface area contributed by atoms with Crippen LogP contribution in [0.25, 0.3) is 0 Å². The number of carbonyl (C=O) groups excluding carboxylic acids is 2. The number of aliphatic hydroxyl groups is 1. The first-order chi connectivity index (χ1) is 8.43. The summed E-state index contributed by atoms with van der Waals surface area (Å²) < 4.78 is 9.21. The molecule has 0 aliphatic rings. The number of aliphatic hydroxyl groups excluding tert-OH is 1. The van der Waals surface area contributed by atoms with Crippen molar-refractivity contribution in [2.75, 3.05) is 19.8 Å². The average Bonchev–Trinajstić information content (AvgIpc) is 2.29. The van der Waals surface area contributed by atoms with Gasteiger partial charge in [-0.3, -0.25) is 14.9 Å². The zero-order valence-corrected chi connectivity index (χ0v) is 10.3. The van der Waals surface area contributed by atoms with Gasteiger partial charge in [0.1, 0.15) is 0 Å². The second kappa shape index (κ2) is 8.40. The predicted molar refractivity (Wildman–Crippen MR) is 59.2 cm³/mol. The van der Waals surface area contributed by atoms with Crippen molar-refractivity contribution in [2.24, 2.45) is 5.92 Å². The number of carbonyl (C=O) groups is 2. The fourth-order valence-electron chi connectivity index (χ4n) is 1.29. The molecule has 0 aromatic heterocycles. The molecule has 1 N–H and O–H groups in total. The number of hydrogen-bond acceptors (Lipinski definition) is 7. The first-order valence-corrected chi connectivity index (χ1v) is 5.57. The van der Waals surface area contributed by atoms with E-state index in [1.807, 2.05) is 0 Å². The molecule has 2 atom stereocenters. The molecule has 0 amide bonds. The van der Waals surface area contributed by atoms with E-state index in [4.69, 9.17) is 0 Å². The van der Waals surface area contributed by atoms with Gasteiger partial charge in [0.15, 0.2) is 6.10 Å². The van der Waals surface area contributed by atoms with Crippen LogP contribution in [0.1, 0.15) is 20.3 Å². The van der Waals surface area contributed by atoms with Gasteiger partial charge in [0.05, 0.1) is 19.1 Å². The molecule has 0 heterocycles. The van der Waals surface area contributed by atoms with Crippen molar-refractivity contribution in [3.8, 4) is 0 Å². The van der Waals surface area contributed by atoms with Gasteiger partial charge < -0.3 is 14.6 Å². The summed E-state index contributed by atoms with van der Waals surface area (Å²) in [5, 5.41) is 19.9. The summed E-state index contributed by atoms with van der Waals surface area (Å²) in [6, 6.07) is 0. The summed E-state index contributed by atoms with van der Waals surface area (Å²) in [6.07, 6.45) is -2.03. The van der Waals surface area contributed by atoms with Gasteiger partial charge in [0, 0.05) is 11.3 Å². The number of nitro groups is 1. The Bertz CT molecular complexity index is 305. The lowest BCUT2D eigenvalue weighted by atomic mass is 9.98. The second-order valence-corrected chi connectivity index (χ2v) is 3.40. The van der Waals surface area contributed by atoms with Crippen LogP contribution in [0, 0.1) is 16.0 Å². The monoisotopic (exact) mass is 263 g/mol. The number of hydrogen-bond donors (Lipinski definition) is 1. The lowest BCUT2D eigenvalue weighted by Gasteiger charge is -2.18. The summed E-state index contributed by atoms with van der Waals surface area (Å²) in [5.74, 6) is -3.12. The third-order valence-electron chi connectivity index (χ3n) is 2.12. The largest absolute Gasteiger partial charge is 0.466 e. The molecule has 0 aromatic rings. The number of ether oxygens (including phenoxy) is 2.